The van der Waals surface area contributed by atoms with Gasteiger partial charge in [0.15, 0.2) is 5.43 Å². The lowest BCUT2D eigenvalue weighted by atomic mass is 10.1. The molecule has 0 spiro atoms. The van der Waals surface area contributed by atoms with Crippen molar-refractivity contribution in [2.45, 2.75) is 39.0 Å². The van der Waals surface area contributed by atoms with E-state index in [1.165, 1.54) is 6.26 Å². The third-order valence-electron chi connectivity index (χ3n) is 7.10. The largest absolute Gasteiger partial charge is 0.464 e. The molecule has 0 aliphatic carbocycles. The molecule has 1 aliphatic heterocycles. The van der Waals surface area contributed by atoms with Gasteiger partial charge in [-0.3, -0.25) is 14.4 Å². The Balaban J connectivity index is 1.45. The number of carbonyl (C=O) groups excluding carboxylic acids is 2. The van der Waals surface area contributed by atoms with Crippen LogP contribution in [0.25, 0.3) is 11.0 Å². The first-order valence-corrected chi connectivity index (χ1v) is 14.2. The topological polar surface area (TPSA) is 80.1 Å². The van der Waals surface area contributed by atoms with E-state index in [9.17, 15) is 14.4 Å². The average Bonchev–Trinajstić information content (AvgIpc) is 3.47. The third kappa shape index (κ3) is 6.51. The van der Waals surface area contributed by atoms with Crippen molar-refractivity contribution in [1.82, 2.24) is 9.80 Å². The lowest BCUT2D eigenvalue weighted by Crippen LogP contribution is -2.45. The Morgan fingerprint density at radius 3 is 2.50 bits per heavy atom. The minimum atomic E-state index is -0.272. The highest BCUT2D eigenvalue weighted by molar-refractivity contribution is 9.10. The number of halogens is 1. The van der Waals surface area contributed by atoms with Gasteiger partial charge in [0, 0.05) is 24.2 Å². The summed E-state index contributed by atoms with van der Waals surface area (Å²) in [5.74, 6) is -0.525. The van der Waals surface area contributed by atoms with Gasteiger partial charge in [-0.2, -0.15) is 0 Å². The monoisotopic (exact) mass is 602 g/mol. The molecule has 1 aromatic heterocycles. The summed E-state index contributed by atoms with van der Waals surface area (Å²) in [5, 5.41) is 0.480. The molecular formula is C32H31BrN2O5. The second kappa shape index (κ2) is 12.6. The standard InChI is InChI=1S/C32H31BrN2O5/c1-22-13-14-29-27(16-22)31(37)24(21-40-29)18-34(17-23-8-3-2-4-9-23)30(36)20-35(19-25-10-7-15-39-25)32(38)26-11-5-6-12-28(26)33/h2-6,8-9,11-14,16,21,25H,7,10,15,17-20H2,1H3. The predicted molar refractivity (Wildman–Crippen MR) is 157 cm³/mol. The summed E-state index contributed by atoms with van der Waals surface area (Å²) in [7, 11) is 0. The van der Waals surface area contributed by atoms with Gasteiger partial charge >= 0.3 is 0 Å². The van der Waals surface area contributed by atoms with Crippen molar-refractivity contribution in [2.24, 2.45) is 0 Å². The molecule has 2 amide bonds. The summed E-state index contributed by atoms with van der Waals surface area (Å²) >= 11 is 3.48. The fourth-order valence-electron chi connectivity index (χ4n) is 4.96. The first-order valence-electron chi connectivity index (χ1n) is 13.4. The number of benzene rings is 3. The van der Waals surface area contributed by atoms with Crippen LogP contribution in [0.1, 0.15) is 39.9 Å². The van der Waals surface area contributed by atoms with E-state index in [1.807, 2.05) is 55.5 Å². The number of aryl methyl sites for hydroxylation is 1. The highest BCUT2D eigenvalue weighted by Gasteiger charge is 2.28. The lowest BCUT2D eigenvalue weighted by molar-refractivity contribution is -0.133. The molecule has 1 fully saturated rings. The molecule has 206 valence electrons. The molecule has 1 atom stereocenters. The SMILES string of the molecule is Cc1ccc2occ(CN(Cc3ccccc3)C(=O)CN(CC3CCCO3)C(=O)c3ccccc3Br)c(=O)c2c1. The minimum Gasteiger partial charge on any atom is -0.464 e. The maximum Gasteiger partial charge on any atom is 0.255 e. The molecule has 40 heavy (non-hydrogen) atoms. The Kier molecular flexibility index (Phi) is 8.77. The normalized spacial score (nSPS) is 14.8. The average molecular weight is 604 g/mol. The van der Waals surface area contributed by atoms with Gasteiger partial charge in [0.05, 0.1) is 35.4 Å². The number of hydrogen-bond acceptors (Lipinski definition) is 5. The van der Waals surface area contributed by atoms with Crippen LogP contribution in [0.3, 0.4) is 0 Å². The van der Waals surface area contributed by atoms with E-state index in [-0.39, 0.29) is 43.0 Å². The molecule has 7 nitrogen and oxygen atoms in total. The molecule has 2 heterocycles. The smallest absolute Gasteiger partial charge is 0.255 e. The van der Waals surface area contributed by atoms with Crippen molar-refractivity contribution in [2.75, 3.05) is 19.7 Å². The molecule has 4 aromatic rings. The summed E-state index contributed by atoms with van der Waals surface area (Å²) < 4.78 is 12.2. The molecule has 5 rings (SSSR count). The second-order valence-corrected chi connectivity index (χ2v) is 11.0. The summed E-state index contributed by atoms with van der Waals surface area (Å²) in [4.78, 5) is 44.2. The first kappa shape index (κ1) is 27.8. The molecule has 0 N–H and O–H groups in total. The van der Waals surface area contributed by atoms with Gasteiger partial charge in [0.1, 0.15) is 12.1 Å². The first-order chi connectivity index (χ1) is 19.4. The van der Waals surface area contributed by atoms with Crippen LogP contribution in [0.5, 0.6) is 0 Å². The number of ether oxygens (including phenoxy) is 1. The van der Waals surface area contributed by atoms with Crippen LogP contribution >= 0.6 is 15.9 Å². The van der Waals surface area contributed by atoms with Crippen molar-refractivity contribution in [1.29, 1.82) is 0 Å². The Hall–Kier alpha value is -3.75. The molecule has 8 heteroatoms. The number of hydrogen-bond donors (Lipinski definition) is 0. The van der Waals surface area contributed by atoms with Crippen LogP contribution in [-0.4, -0.2) is 47.4 Å². The Morgan fingerprint density at radius 1 is 0.975 bits per heavy atom. The molecule has 1 unspecified atom stereocenters. The van der Waals surface area contributed by atoms with Gasteiger partial charge in [0.25, 0.3) is 5.91 Å². The number of amides is 2. The molecule has 0 radical (unpaired) electrons. The van der Waals surface area contributed by atoms with Crippen LogP contribution in [0.4, 0.5) is 0 Å². The Labute approximate surface area is 241 Å². The molecule has 1 saturated heterocycles. The second-order valence-electron chi connectivity index (χ2n) is 10.1. The number of rotatable bonds is 9. The minimum absolute atomic E-state index is 0.0525. The lowest BCUT2D eigenvalue weighted by Gasteiger charge is -2.29. The zero-order valence-electron chi connectivity index (χ0n) is 22.3. The molecular weight excluding hydrogens is 572 g/mol. The summed E-state index contributed by atoms with van der Waals surface area (Å²) in [6, 6.07) is 22.2. The maximum atomic E-state index is 13.9. The zero-order valence-corrected chi connectivity index (χ0v) is 23.9. The zero-order chi connectivity index (χ0) is 28.1. The number of fused-ring (bicyclic) bond motifs is 1. The summed E-state index contributed by atoms with van der Waals surface area (Å²) in [6.07, 6.45) is 3.06. The highest BCUT2D eigenvalue weighted by Crippen LogP contribution is 2.21. The highest BCUT2D eigenvalue weighted by atomic mass is 79.9. The summed E-state index contributed by atoms with van der Waals surface area (Å²) in [6.45, 7) is 3.06. The van der Waals surface area contributed by atoms with E-state index in [0.717, 1.165) is 24.0 Å². The van der Waals surface area contributed by atoms with Crippen molar-refractivity contribution in [3.05, 3.63) is 116 Å². The number of carbonyl (C=O) groups is 2. The van der Waals surface area contributed by atoms with Gasteiger partial charge < -0.3 is 19.0 Å². The van der Waals surface area contributed by atoms with E-state index >= 15 is 0 Å². The summed E-state index contributed by atoms with van der Waals surface area (Å²) in [5.41, 5.74) is 3.06. The van der Waals surface area contributed by atoms with Crippen LogP contribution in [0.15, 0.2) is 92.7 Å². The molecule has 0 saturated carbocycles. The fourth-order valence-corrected chi connectivity index (χ4v) is 5.41. The molecule has 1 aliphatic rings. The fraction of sp³-hybridized carbons (Fsp3) is 0.281. The van der Waals surface area contributed by atoms with E-state index in [0.29, 0.717) is 39.7 Å². The van der Waals surface area contributed by atoms with Crippen LogP contribution in [-0.2, 0) is 22.6 Å². The maximum absolute atomic E-state index is 13.9. The van der Waals surface area contributed by atoms with Gasteiger partial charge in [-0.1, -0.05) is 54.1 Å². The van der Waals surface area contributed by atoms with Crippen molar-refractivity contribution in [3.8, 4) is 0 Å². The molecule has 3 aromatic carbocycles. The van der Waals surface area contributed by atoms with Gasteiger partial charge in [-0.15, -0.1) is 0 Å². The van der Waals surface area contributed by atoms with Gasteiger partial charge in [-0.25, -0.2) is 0 Å². The van der Waals surface area contributed by atoms with Crippen LogP contribution < -0.4 is 5.43 Å². The van der Waals surface area contributed by atoms with Crippen LogP contribution in [0, 0.1) is 6.92 Å². The van der Waals surface area contributed by atoms with E-state index in [4.69, 9.17) is 9.15 Å². The Bertz CT molecular complexity index is 1560. The van der Waals surface area contributed by atoms with Crippen molar-refractivity contribution in [3.63, 3.8) is 0 Å². The van der Waals surface area contributed by atoms with Gasteiger partial charge in [0.2, 0.25) is 5.91 Å². The third-order valence-corrected chi connectivity index (χ3v) is 7.79. The van der Waals surface area contributed by atoms with E-state index in [2.05, 4.69) is 15.9 Å². The van der Waals surface area contributed by atoms with Crippen LogP contribution in [0.2, 0.25) is 0 Å². The van der Waals surface area contributed by atoms with Gasteiger partial charge in [-0.05, 0) is 65.5 Å². The Morgan fingerprint density at radius 2 is 1.75 bits per heavy atom. The number of nitrogens with zero attached hydrogens (tertiary/aromatic N) is 2. The molecule has 0 bridgehead atoms. The quantitative estimate of drug-likeness (QED) is 0.245. The van der Waals surface area contributed by atoms with E-state index in [1.54, 1.807) is 34.1 Å². The van der Waals surface area contributed by atoms with Crippen molar-refractivity contribution >= 4 is 38.7 Å². The predicted octanol–water partition coefficient (Wildman–Crippen LogP) is 5.71. The van der Waals surface area contributed by atoms with E-state index < -0.39 is 0 Å². The van der Waals surface area contributed by atoms with Crippen molar-refractivity contribution < 1.29 is 18.7 Å².